The van der Waals surface area contributed by atoms with E-state index in [9.17, 15) is 9.59 Å². The first-order valence-corrected chi connectivity index (χ1v) is 6.99. The molecule has 0 saturated heterocycles. The molecule has 0 aliphatic carbocycles. The van der Waals surface area contributed by atoms with Gasteiger partial charge in [-0.05, 0) is 30.2 Å². The van der Waals surface area contributed by atoms with Crippen LogP contribution in [0, 0.1) is 0 Å². The number of aromatic amines is 1. The van der Waals surface area contributed by atoms with Gasteiger partial charge in [-0.15, -0.1) is 0 Å². The van der Waals surface area contributed by atoms with Crippen LogP contribution in [0.2, 0.25) is 5.02 Å². The zero-order valence-corrected chi connectivity index (χ0v) is 11.9. The van der Waals surface area contributed by atoms with Crippen LogP contribution in [0.25, 0.3) is 10.9 Å². The first kappa shape index (κ1) is 13.6. The van der Waals surface area contributed by atoms with Gasteiger partial charge in [0.15, 0.2) is 0 Å². The van der Waals surface area contributed by atoms with Gasteiger partial charge in [0.25, 0.3) is 5.56 Å². The Bertz CT molecular complexity index is 898. The van der Waals surface area contributed by atoms with Crippen molar-refractivity contribution < 1.29 is 0 Å². The van der Waals surface area contributed by atoms with E-state index in [1.165, 1.54) is 4.57 Å². The maximum absolute atomic E-state index is 12.4. The van der Waals surface area contributed by atoms with Crippen molar-refractivity contribution in [3.8, 4) is 0 Å². The molecule has 3 rings (SSSR count). The van der Waals surface area contributed by atoms with Gasteiger partial charge in [0.1, 0.15) is 0 Å². The highest BCUT2D eigenvalue weighted by molar-refractivity contribution is 6.31. The third-order valence-corrected chi connectivity index (χ3v) is 3.65. The molecule has 21 heavy (non-hydrogen) atoms. The van der Waals surface area contributed by atoms with E-state index in [2.05, 4.69) is 4.98 Å². The zero-order valence-electron chi connectivity index (χ0n) is 11.2. The number of hydrogen-bond donors (Lipinski definition) is 1. The third kappa shape index (κ3) is 2.76. The molecular weight excluding hydrogens is 288 g/mol. The molecule has 5 heteroatoms. The first-order valence-electron chi connectivity index (χ1n) is 6.61. The quantitative estimate of drug-likeness (QED) is 0.808. The van der Waals surface area contributed by atoms with E-state index in [1.54, 1.807) is 18.2 Å². The lowest BCUT2D eigenvalue weighted by atomic mass is 10.1. The molecule has 0 bridgehead atoms. The van der Waals surface area contributed by atoms with Crippen LogP contribution in [0.3, 0.4) is 0 Å². The van der Waals surface area contributed by atoms with Gasteiger partial charge in [0, 0.05) is 11.6 Å². The maximum atomic E-state index is 12.4. The molecule has 0 spiro atoms. The number of H-pyrrole nitrogens is 1. The average molecular weight is 301 g/mol. The van der Waals surface area contributed by atoms with Crippen molar-refractivity contribution in [1.29, 1.82) is 0 Å². The van der Waals surface area contributed by atoms with Crippen molar-refractivity contribution in [2.45, 2.75) is 13.0 Å². The van der Waals surface area contributed by atoms with E-state index < -0.39 is 5.69 Å². The molecular formula is C16H13ClN2O2. The van der Waals surface area contributed by atoms with E-state index in [0.717, 1.165) is 5.56 Å². The van der Waals surface area contributed by atoms with Crippen LogP contribution in [0.5, 0.6) is 0 Å². The molecule has 0 fully saturated rings. The largest absolute Gasteiger partial charge is 0.328 e. The van der Waals surface area contributed by atoms with Gasteiger partial charge in [-0.25, -0.2) is 4.79 Å². The molecule has 0 atom stereocenters. The predicted octanol–water partition coefficient (Wildman–Crippen LogP) is 2.59. The van der Waals surface area contributed by atoms with Crippen LogP contribution < -0.4 is 11.2 Å². The van der Waals surface area contributed by atoms with E-state index in [1.807, 2.05) is 30.3 Å². The Morgan fingerprint density at radius 2 is 1.81 bits per heavy atom. The highest BCUT2D eigenvalue weighted by Gasteiger charge is 2.08. The second-order valence-electron chi connectivity index (χ2n) is 4.81. The van der Waals surface area contributed by atoms with Gasteiger partial charge in [0.05, 0.1) is 10.9 Å². The number of nitrogens with zero attached hydrogens (tertiary/aromatic N) is 1. The molecule has 0 saturated carbocycles. The van der Waals surface area contributed by atoms with E-state index in [4.69, 9.17) is 11.6 Å². The van der Waals surface area contributed by atoms with Gasteiger partial charge in [0.2, 0.25) is 0 Å². The van der Waals surface area contributed by atoms with Crippen molar-refractivity contribution in [3.63, 3.8) is 0 Å². The summed E-state index contributed by atoms with van der Waals surface area (Å²) in [4.78, 5) is 27.1. The van der Waals surface area contributed by atoms with E-state index in [-0.39, 0.29) is 5.56 Å². The summed E-state index contributed by atoms with van der Waals surface area (Å²) < 4.78 is 1.23. The van der Waals surface area contributed by atoms with Gasteiger partial charge in [-0.1, -0.05) is 41.9 Å². The highest BCUT2D eigenvalue weighted by atomic mass is 35.5. The summed E-state index contributed by atoms with van der Waals surface area (Å²) in [5.41, 5.74) is 0.848. The highest BCUT2D eigenvalue weighted by Crippen LogP contribution is 2.13. The van der Waals surface area contributed by atoms with Gasteiger partial charge < -0.3 is 4.98 Å². The second-order valence-corrected chi connectivity index (χ2v) is 5.25. The fourth-order valence-corrected chi connectivity index (χ4v) is 2.49. The average Bonchev–Trinajstić information content (AvgIpc) is 2.47. The van der Waals surface area contributed by atoms with Crippen molar-refractivity contribution in [2.75, 3.05) is 0 Å². The number of halogens is 1. The summed E-state index contributed by atoms with van der Waals surface area (Å²) in [6.07, 6.45) is 0.628. The molecule has 4 nitrogen and oxygen atoms in total. The Labute approximate surface area is 125 Å². The smallest absolute Gasteiger partial charge is 0.307 e. The number of rotatable bonds is 3. The number of hydrogen-bond acceptors (Lipinski definition) is 2. The summed E-state index contributed by atoms with van der Waals surface area (Å²) in [5.74, 6) is 0. The predicted molar refractivity (Wildman–Crippen MR) is 84.0 cm³/mol. The third-order valence-electron chi connectivity index (χ3n) is 3.41. The minimum atomic E-state index is -0.411. The van der Waals surface area contributed by atoms with Crippen LogP contribution in [-0.2, 0) is 13.0 Å². The molecule has 1 heterocycles. The Morgan fingerprint density at radius 3 is 2.57 bits per heavy atom. The Morgan fingerprint density at radius 1 is 1.05 bits per heavy atom. The lowest BCUT2D eigenvalue weighted by Crippen LogP contribution is -2.35. The van der Waals surface area contributed by atoms with Crippen molar-refractivity contribution in [3.05, 3.63) is 80.0 Å². The monoisotopic (exact) mass is 300 g/mol. The van der Waals surface area contributed by atoms with E-state index in [0.29, 0.717) is 28.9 Å². The van der Waals surface area contributed by atoms with Crippen LogP contribution >= 0.6 is 11.6 Å². The lowest BCUT2D eigenvalue weighted by molar-refractivity contribution is 0.636. The fraction of sp³-hybridized carbons (Fsp3) is 0.125. The van der Waals surface area contributed by atoms with Crippen molar-refractivity contribution in [1.82, 2.24) is 9.55 Å². The van der Waals surface area contributed by atoms with Crippen LogP contribution in [0.1, 0.15) is 5.56 Å². The van der Waals surface area contributed by atoms with Gasteiger partial charge >= 0.3 is 5.69 Å². The molecule has 3 aromatic rings. The van der Waals surface area contributed by atoms with Crippen LogP contribution in [-0.4, -0.2) is 9.55 Å². The van der Waals surface area contributed by atoms with Gasteiger partial charge in [-0.2, -0.15) is 0 Å². The number of nitrogens with one attached hydrogen (secondary N) is 1. The van der Waals surface area contributed by atoms with Crippen molar-refractivity contribution >= 4 is 22.5 Å². The molecule has 0 aliphatic heterocycles. The molecule has 0 amide bonds. The number of fused-ring (bicyclic) bond motifs is 1. The summed E-state index contributed by atoms with van der Waals surface area (Å²) in [6.45, 7) is 0.344. The Kier molecular flexibility index (Phi) is 3.62. The van der Waals surface area contributed by atoms with Gasteiger partial charge in [-0.3, -0.25) is 9.36 Å². The van der Waals surface area contributed by atoms with Crippen LogP contribution in [0.15, 0.2) is 58.1 Å². The zero-order chi connectivity index (χ0) is 14.8. The summed E-state index contributed by atoms with van der Waals surface area (Å²) in [5, 5.41) is 0.951. The molecule has 106 valence electrons. The second kappa shape index (κ2) is 5.58. The number of benzene rings is 2. The standard InChI is InChI=1S/C16H13ClN2O2/c17-12-6-7-13-14(10-12)18-16(21)19(15(13)20)9-8-11-4-2-1-3-5-11/h1-7,10H,8-9H2,(H,18,21). The lowest BCUT2D eigenvalue weighted by Gasteiger charge is -2.06. The fourth-order valence-electron chi connectivity index (χ4n) is 2.32. The van der Waals surface area contributed by atoms with E-state index >= 15 is 0 Å². The summed E-state index contributed by atoms with van der Waals surface area (Å²) >= 11 is 5.87. The normalized spacial score (nSPS) is 10.9. The van der Waals surface area contributed by atoms with Crippen LogP contribution in [0.4, 0.5) is 0 Å². The molecule has 0 aliphatic rings. The molecule has 1 N–H and O–H groups in total. The minimum absolute atomic E-state index is 0.290. The SMILES string of the molecule is O=c1[nH]c2cc(Cl)ccc2c(=O)n1CCc1ccccc1. The summed E-state index contributed by atoms with van der Waals surface area (Å²) in [7, 11) is 0. The Hall–Kier alpha value is -2.33. The number of aromatic nitrogens is 2. The number of aryl methyl sites for hydroxylation is 1. The molecule has 0 unspecified atom stereocenters. The van der Waals surface area contributed by atoms with Crippen molar-refractivity contribution in [2.24, 2.45) is 0 Å². The topological polar surface area (TPSA) is 54.9 Å². The Balaban J connectivity index is 2.01. The first-order chi connectivity index (χ1) is 10.1. The maximum Gasteiger partial charge on any atom is 0.328 e. The molecule has 0 radical (unpaired) electrons. The summed E-state index contributed by atoms with van der Waals surface area (Å²) in [6, 6.07) is 14.6. The molecule has 2 aromatic carbocycles. The molecule has 1 aromatic heterocycles. The minimum Gasteiger partial charge on any atom is -0.307 e.